The number of carbonyl (C=O) groups excluding carboxylic acids is 3. The number of nitrogens with zero attached hydrogens (tertiary/aromatic N) is 1. The highest BCUT2D eigenvalue weighted by Gasteiger charge is 2.35. The minimum absolute atomic E-state index is 0.218. The molecule has 0 radical (unpaired) electrons. The number of hydrogen-bond acceptors (Lipinski definition) is 4. The van der Waals surface area contributed by atoms with Gasteiger partial charge in [0.15, 0.2) is 0 Å². The molecule has 6 heteroatoms. The van der Waals surface area contributed by atoms with Gasteiger partial charge < -0.3 is 10.1 Å². The Balaban J connectivity index is 1.72. The van der Waals surface area contributed by atoms with Crippen LogP contribution in [0, 0.1) is 0 Å². The molecule has 0 saturated carbocycles. The number of ether oxygens (including phenoxy) is 1. The van der Waals surface area contributed by atoms with E-state index in [-0.39, 0.29) is 23.8 Å². The van der Waals surface area contributed by atoms with Crippen molar-refractivity contribution in [3.8, 4) is 5.75 Å². The Bertz CT molecular complexity index is 921. The van der Waals surface area contributed by atoms with Crippen molar-refractivity contribution in [3.63, 3.8) is 0 Å². The van der Waals surface area contributed by atoms with Gasteiger partial charge in [-0.25, -0.2) is 0 Å². The van der Waals surface area contributed by atoms with Crippen molar-refractivity contribution in [3.05, 3.63) is 64.7 Å². The molecule has 3 amide bonds. The van der Waals surface area contributed by atoms with Crippen molar-refractivity contribution in [1.82, 2.24) is 10.2 Å². The quantitative estimate of drug-likeness (QED) is 0.688. The first-order valence-electron chi connectivity index (χ1n) is 10.00. The lowest BCUT2D eigenvalue weighted by Gasteiger charge is -2.15. The molecule has 0 fully saturated rings. The van der Waals surface area contributed by atoms with Gasteiger partial charge in [0.2, 0.25) is 0 Å². The summed E-state index contributed by atoms with van der Waals surface area (Å²) in [5, 5.41) is 2.94. The van der Waals surface area contributed by atoms with Gasteiger partial charge in [0.25, 0.3) is 17.7 Å². The third-order valence-corrected chi connectivity index (χ3v) is 5.01. The standard InChI is InChI=1S/C23H26N2O4/c1-4-6-13-25-22(27)19-12-9-17(14-20(19)23(25)28)21(26)24-15(3)16-7-10-18(11-8-16)29-5-2/h7-12,14-15H,4-6,13H2,1-3H3,(H,24,26). The summed E-state index contributed by atoms with van der Waals surface area (Å²) in [7, 11) is 0. The molecule has 152 valence electrons. The van der Waals surface area contributed by atoms with Crippen LogP contribution in [-0.4, -0.2) is 35.8 Å². The van der Waals surface area contributed by atoms with Crippen molar-refractivity contribution >= 4 is 17.7 Å². The summed E-state index contributed by atoms with van der Waals surface area (Å²) in [5.41, 5.74) is 1.97. The summed E-state index contributed by atoms with van der Waals surface area (Å²) < 4.78 is 5.43. The maximum absolute atomic E-state index is 12.7. The van der Waals surface area contributed by atoms with Gasteiger partial charge in [-0.05, 0) is 56.2 Å². The molecule has 0 aromatic heterocycles. The van der Waals surface area contributed by atoms with E-state index in [4.69, 9.17) is 4.74 Å². The summed E-state index contributed by atoms with van der Waals surface area (Å²) >= 11 is 0. The fourth-order valence-corrected chi connectivity index (χ4v) is 3.33. The van der Waals surface area contributed by atoms with Crippen LogP contribution in [0.25, 0.3) is 0 Å². The van der Waals surface area contributed by atoms with Crippen molar-refractivity contribution in [1.29, 1.82) is 0 Å². The first-order chi connectivity index (χ1) is 14.0. The molecule has 29 heavy (non-hydrogen) atoms. The monoisotopic (exact) mass is 394 g/mol. The second-order valence-electron chi connectivity index (χ2n) is 7.07. The summed E-state index contributed by atoms with van der Waals surface area (Å²) in [6.45, 7) is 6.82. The average molecular weight is 394 g/mol. The van der Waals surface area contributed by atoms with Gasteiger partial charge in [0.05, 0.1) is 23.8 Å². The van der Waals surface area contributed by atoms with E-state index in [9.17, 15) is 14.4 Å². The summed E-state index contributed by atoms with van der Waals surface area (Å²) in [6.07, 6.45) is 1.66. The Kier molecular flexibility index (Phi) is 6.32. The lowest BCUT2D eigenvalue weighted by molar-refractivity contribution is 0.0652. The highest BCUT2D eigenvalue weighted by Crippen LogP contribution is 2.25. The van der Waals surface area contributed by atoms with Crippen molar-refractivity contribution in [2.24, 2.45) is 0 Å². The van der Waals surface area contributed by atoms with Crippen LogP contribution in [0.4, 0.5) is 0 Å². The summed E-state index contributed by atoms with van der Waals surface area (Å²) in [4.78, 5) is 39.0. The fraction of sp³-hybridized carbons (Fsp3) is 0.348. The number of benzene rings is 2. The van der Waals surface area contributed by atoms with Gasteiger partial charge in [-0.2, -0.15) is 0 Å². The number of amides is 3. The molecule has 1 unspecified atom stereocenters. The number of unbranched alkanes of at least 4 members (excludes halogenated alkanes) is 1. The highest BCUT2D eigenvalue weighted by molar-refractivity contribution is 6.22. The first kappa shape index (κ1) is 20.6. The molecule has 0 saturated heterocycles. The van der Waals surface area contributed by atoms with Gasteiger partial charge in [0, 0.05) is 12.1 Å². The van der Waals surface area contributed by atoms with E-state index in [2.05, 4.69) is 5.32 Å². The van der Waals surface area contributed by atoms with E-state index in [1.807, 2.05) is 45.0 Å². The molecular weight excluding hydrogens is 368 g/mol. The van der Waals surface area contributed by atoms with Crippen molar-refractivity contribution in [2.45, 2.75) is 39.7 Å². The Hall–Kier alpha value is -3.15. The van der Waals surface area contributed by atoms with Gasteiger partial charge >= 0.3 is 0 Å². The molecule has 1 aliphatic rings. The minimum atomic E-state index is -0.326. The van der Waals surface area contributed by atoms with Crippen LogP contribution in [0.3, 0.4) is 0 Å². The third kappa shape index (κ3) is 4.31. The zero-order valence-corrected chi connectivity index (χ0v) is 17.0. The van der Waals surface area contributed by atoms with Crippen LogP contribution >= 0.6 is 0 Å². The molecule has 0 aliphatic carbocycles. The number of nitrogens with one attached hydrogen (secondary N) is 1. The molecule has 0 bridgehead atoms. The van der Waals surface area contributed by atoms with Crippen LogP contribution in [0.15, 0.2) is 42.5 Å². The van der Waals surface area contributed by atoms with E-state index in [0.717, 1.165) is 24.2 Å². The number of fused-ring (bicyclic) bond motifs is 1. The van der Waals surface area contributed by atoms with Gasteiger partial charge in [0.1, 0.15) is 5.75 Å². The number of rotatable bonds is 8. The predicted octanol–water partition coefficient (Wildman–Crippen LogP) is 3.97. The van der Waals surface area contributed by atoms with Gasteiger partial charge in [-0.3, -0.25) is 19.3 Å². The van der Waals surface area contributed by atoms with Crippen LogP contribution in [0.1, 0.15) is 76.3 Å². The van der Waals surface area contributed by atoms with E-state index >= 15 is 0 Å². The molecule has 1 heterocycles. The van der Waals surface area contributed by atoms with E-state index in [0.29, 0.717) is 29.8 Å². The van der Waals surface area contributed by atoms with Gasteiger partial charge in [-0.1, -0.05) is 25.5 Å². The fourth-order valence-electron chi connectivity index (χ4n) is 3.33. The lowest BCUT2D eigenvalue weighted by Crippen LogP contribution is -2.30. The number of hydrogen-bond donors (Lipinski definition) is 1. The molecule has 1 N–H and O–H groups in total. The second kappa shape index (κ2) is 8.90. The average Bonchev–Trinajstić information content (AvgIpc) is 2.96. The molecule has 1 atom stereocenters. The minimum Gasteiger partial charge on any atom is -0.494 e. The number of carbonyl (C=O) groups is 3. The Morgan fingerprint density at radius 1 is 1.03 bits per heavy atom. The van der Waals surface area contributed by atoms with E-state index in [1.165, 1.54) is 11.0 Å². The Labute approximate surface area is 170 Å². The predicted molar refractivity (Wildman–Crippen MR) is 110 cm³/mol. The Morgan fingerprint density at radius 3 is 2.38 bits per heavy atom. The second-order valence-corrected chi connectivity index (χ2v) is 7.07. The van der Waals surface area contributed by atoms with E-state index in [1.54, 1.807) is 12.1 Å². The van der Waals surface area contributed by atoms with Crippen LogP contribution in [0.2, 0.25) is 0 Å². The maximum Gasteiger partial charge on any atom is 0.261 e. The molecule has 1 aliphatic heterocycles. The number of imide groups is 1. The maximum atomic E-state index is 12.7. The zero-order valence-electron chi connectivity index (χ0n) is 17.0. The van der Waals surface area contributed by atoms with Crippen molar-refractivity contribution < 1.29 is 19.1 Å². The molecule has 6 nitrogen and oxygen atoms in total. The van der Waals surface area contributed by atoms with Crippen LogP contribution in [0.5, 0.6) is 5.75 Å². The highest BCUT2D eigenvalue weighted by atomic mass is 16.5. The summed E-state index contributed by atoms with van der Waals surface area (Å²) in [6, 6.07) is 12.0. The first-order valence-corrected chi connectivity index (χ1v) is 10.00. The van der Waals surface area contributed by atoms with Crippen LogP contribution < -0.4 is 10.1 Å². The lowest BCUT2D eigenvalue weighted by atomic mass is 10.0. The smallest absolute Gasteiger partial charge is 0.261 e. The molecule has 2 aromatic rings. The largest absolute Gasteiger partial charge is 0.494 e. The van der Waals surface area contributed by atoms with Crippen LogP contribution in [-0.2, 0) is 0 Å². The molecule has 3 rings (SSSR count). The normalized spacial score (nSPS) is 14.0. The molecular formula is C23H26N2O4. The topological polar surface area (TPSA) is 75.7 Å². The van der Waals surface area contributed by atoms with Gasteiger partial charge in [-0.15, -0.1) is 0 Å². The Morgan fingerprint density at radius 2 is 1.72 bits per heavy atom. The SMILES string of the molecule is CCCCN1C(=O)c2ccc(C(=O)NC(C)c3ccc(OCC)cc3)cc2C1=O. The zero-order chi connectivity index (χ0) is 21.0. The van der Waals surface area contributed by atoms with Crippen molar-refractivity contribution in [2.75, 3.05) is 13.2 Å². The van der Waals surface area contributed by atoms with E-state index < -0.39 is 0 Å². The molecule has 2 aromatic carbocycles. The molecule has 0 spiro atoms. The third-order valence-electron chi connectivity index (χ3n) is 5.01. The summed E-state index contributed by atoms with van der Waals surface area (Å²) in [5.74, 6) is -0.119.